The van der Waals surface area contributed by atoms with Crippen LogP contribution >= 0.6 is 0 Å². The van der Waals surface area contributed by atoms with Crippen molar-refractivity contribution in [3.05, 3.63) is 94.8 Å². The van der Waals surface area contributed by atoms with E-state index < -0.39 is 35.1 Å². The van der Waals surface area contributed by atoms with Crippen molar-refractivity contribution in [2.75, 3.05) is 4.90 Å². The Hall–Kier alpha value is -4.07. The maximum atomic E-state index is 14.7. The van der Waals surface area contributed by atoms with Gasteiger partial charge in [0.15, 0.2) is 0 Å². The summed E-state index contributed by atoms with van der Waals surface area (Å²) in [6.45, 7) is 5.56. The topological polar surface area (TPSA) is 79.7 Å². The summed E-state index contributed by atoms with van der Waals surface area (Å²) in [6.07, 6.45) is 2.87. The molecule has 1 aliphatic rings. The minimum atomic E-state index is -1.17. The van der Waals surface area contributed by atoms with Gasteiger partial charge in [0.1, 0.15) is 23.1 Å². The van der Waals surface area contributed by atoms with Crippen LogP contribution in [0.3, 0.4) is 0 Å². The number of ketones is 1. The molecule has 1 saturated heterocycles. The normalized spacial score (nSPS) is 17.5. The molecule has 2 heterocycles. The molecule has 1 aliphatic heterocycles. The number of anilines is 1. The lowest BCUT2D eigenvalue weighted by Crippen LogP contribution is -2.30. The van der Waals surface area contributed by atoms with E-state index in [1.54, 1.807) is 37.3 Å². The molecule has 6 nitrogen and oxygen atoms in total. The quantitative estimate of drug-likeness (QED) is 0.324. The van der Waals surface area contributed by atoms with E-state index in [4.69, 9.17) is 4.74 Å². The number of benzene rings is 2. The van der Waals surface area contributed by atoms with Crippen LogP contribution in [0.25, 0.3) is 5.76 Å². The molecule has 8 heteroatoms. The smallest absolute Gasteiger partial charge is 0.300 e. The van der Waals surface area contributed by atoms with Crippen molar-refractivity contribution in [2.45, 2.75) is 32.9 Å². The average molecular weight is 464 g/mol. The van der Waals surface area contributed by atoms with E-state index in [2.05, 4.69) is 4.98 Å². The van der Waals surface area contributed by atoms with Crippen molar-refractivity contribution in [3.63, 3.8) is 0 Å². The van der Waals surface area contributed by atoms with Gasteiger partial charge in [-0.05, 0) is 68.3 Å². The number of aryl methyl sites for hydroxylation is 1. The van der Waals surface area contributed by atoms with E-state index in [0.29, 0.717) is 22.9 Å². The Morgan fingerprint density at radius 1 is 1.12 bits per heavy atom. The zero-order valence-corrected chi connectivity index (χ0v) is 18.8. The Kier molecular flexibility index (Phi) is 6.15. The Morgan fingerprint density at radius 2 is 1.88 bits per heavy atom. The fourth-order valence-electron chi connectivity index (χ4n) is 3.95. The number of aliphatic hydroxyl groups excluding tert-OH is 1. The number of aliphatic hydroxyl groups is 1. The maximum absolute atomic E-state index is 14.7. The van der Waals surface area contributed by atoms with Gasteiger partial charge < -0.3 is 9.84 Å². The Bertz CT molecular complexity index is 1310. The summed E-state index contributed by atoms with van der Waals surface area (Å²) in [4.78, 5) is 31.1. The molecule has 1 amide bonds. The second-order valence-corrected chi connectivity index (χ2v) is 8.20. The van der Waals surface area contributed by atoms with Crippen molar-refractivity contribution in [3.8, 4) is 5.75 Å². The van der Waals surface area contributed by atoms with Crippen molar-refractivity contribution in [1.82, 2.24) is 4.98 Å². The van der Waals surface area contributed by atoms with E-state index in [0.717, 1.165) is 22.6 Å². The number of aromatic nitrogens is 1. The van der Waals surface area contributed by atoms with Crippen molar-refractivity contribution >= 4 is 23.1 Å². The van der Waals surface area contributed by atoms with E-state index in [-0.39, 0.29) is 17.4 Å². The number of hydrogen-bond acceptors (Lipinski definition) is 5. The van der Waals surface area contributed by atoms with Gasteiger partial charge in [-0.15, -0.1) is 0 Å². The number of amides is 1. The third kappa shape index (κ3) is 4.14. The first-order valence-corrected chi connectivity index (χ1v) is 10.6. The summed E-state index contributed by atoms with van der Waals surface area (Å²) in [5.74, 6) is -3.68. The van der Waals surface area contributed by atoms with E-state index in [1.165, 1.54) is 12.4 Å². The van der Waals surface area contributed by atoms with Gasteiger partial charge in [0.05, 0.1) is 23.4 Å². The molecule has 0 aliphatic carbocycles. The fourth-order valence-corrected chi connectivity index (χ4v) is 3.95. The molecular weight excluding hydrogens is 442 g/mol. The molecule has 1 aromatic heterocycles. The fraction of sp³-hybridized carbons (Fsp3) is 0.192. The van der Waals surface area contributed by atoms with Gasteiger partial charge >= 0.3 is 0 Å². The third-order valence-electron chi connectivity index (χ3n) is 5.42. The van der Waals surface area contributed by atoms with Crippen molar-refractivity contribution in [2.24, 2.45) is 0 Å². The highest BCUT2D eigenvalue weighted by Gasteiger charge is 2.47. The highest BCUT2D eigenvalue weighted by Crippen LogP contribution is 2.43. The van der Waals surface area contributed by atoms with Gasteiger partial charge in [-0.2, -0.15) is 0 Å². The van der Waals surface area contributed by atoms with Crippen molar-refractivity contribution in [1.29, 1.82) is 0 Å². The zero-order chi connectivity index (χ0) is 24.6. The van der Waals surface area contributed by atoms with Crippen LogP contribution in [0.15, 0.2) is 66.5 Å². The van der Waals surface area contributed by atoms with Crippen molar-refractivity contribution < 1.29 is 28.2 Å². The molecule has 1 N–H and O–H groups in total. The first-order valence-electron chi connectivity index (χ1n) is 10.6. The Morgan fingerprint density at radius 3 is 2.50 bits per heavy atom. The number of carbonyl (C=O) groups excluding carboxylic acids is 2. The summed E-state index contributed by atoms with van der Waals surface area (Å²) < 4.78 is 33.9. The number of Topliss-reactive ketones (excluding diaryl/α,β-unsaturated/α-hetero) is 1. The number of rotatable bonds is 5. The van der Waals surface area contributed by atoms with E-state index in [9.17, 15) is 23.5 Å². The lowest BCUT2D eigenvalue weighted by molar-refractivity contribution is -0.132. The molecule has 0 saturated carbocycles. The summed E-state index contributed by atoms with van der Waals surface area (Å²) >= 11 is 0. The maximum Gasteiger partial charge on any atom is 0.300 e. The molecule has 4 rings (SSSR count). The summed E-state index contributed by atoms with van der Waals surface area (Å²) in [5.41, 5.74) is 0.880. The van der Waals surface area contributed by atoms with E-state index in [1.807, 2.05) is 13.8 Å². The van der Waals surface area contributed by atoms with Crippen LogP contribution in [-0.2, 0) is 9.59 Å². The van der Waals surface area contributed by atoms with Gasteiger partial charge in [0, 0.05) is 24.0 Å². The molecule has 0 spiro atoms. The van der Waals surface area contributed by atoms with Crippen LogP contribution < -0.4 is 9.64 Å². The second kappa shape index (κ2) is 9.05. The minimum absolute atomic E-state index is 0.0559. The minimum Gasteiger partial charge on any atom is -0.507 e. The predicted octanol–water partition coefficient (Wildman–Crippen LogP) is 5.08. The Balaban J connectivity index is 1.90. The predicted molar refractivity (Wildman–Crippen MR) is 122 cm³/mol. The molecule has 174 valence electrons. The molecule has 1 fully saturated rings. The molecule has 3 aromatic rings. The number of carbonyl (C=O) groups is 2. The third-order valence-corrected chi connectivity index (χ3v) is 5.42. The number of nitrogens with zero attached hydrogens (tertiary/aromatic N) is 2. The van der Waals surface area contributed by atoms with Crippen LogP contribution in [0.4, 0.5) is 14.5 Å². The Labute approximate surface area is 195 Å². The molecular formula is C26H22F2N2O4. The van der Waals surface area contributed by atoms with Gasteiger partial charge in [-0.25, -0.2) is 8.78 Å². The number of ether oxygens (including phenoxy) is 1. The highest BCUT2D eigenvalue weighted by atomic mass is 19.1. The second-order valence-electron chi connectivity index (χ2n) is 8.20. The van der Waals surface area contributed by atoms with Crippen LogP contribution in [0.5, 0.6) is 5.75 Å². The van der Waals surface area contributed by atoms with Gasteiger partial charge in [-0.3, -0.25) is 19.5 Å². The first kappa shape index (κ1) is 23.1. The number of halogens is 2. The standard InChI is InChI=1S/C26H22F2N2O4/c1-14(2)34-21-9-6-16(11-15(21)3)24(31)22-23(17-5-4-10-29-13-17)30(26(33)25(22)32)20-8-7-18(27)12-19(20)28/h4-14,23,31H,1-3H3/b24-22+. The average Bonchev–Trinajstić information content (AvgIpc) is 3.05. The van der Waals surface area contributed by atoms with Gasteiger partial charge in [-0.1, -0.05) is 6.07 Å². The molecule has 1 unspecified atom stereocenters. The molecule has 0 radical (unpaired) electrons. The van der Waals surface area contributed by atoms with Crippen LogP contribution in [0, 0.1) is 18.6 Å². The lowest BCUT2D eigenvalue weighted by Gasteiger charge is -2.25. The zero-order valence-electron chi connectivity index (χ0n) is 18.8. The van der Waals surface area contributed by atoms with Crippen LogP contribution in [0.2, 0.25) is 0 Å². The molecule has 0 bridgehead atoms. The SMILES string of the molecule is Cc1cc(/C(O)=C2\C(=O)C(=O)N(c3ccc(F)cc3F)C2c2cccnc2)ccc1OC(C)C. The van der Waals surface area contributed by atoms with Gasteiger partial charge in [0.2, 0.25) is 0 Å². The van der Waals surface area contributed by atoms with E-state index >= 15 is 0 Å². The number of pyridine rings is 1. The largest absolute Gasteiger partial charge is 0.507 e. The first-order chi connectivity index (χ1) is 16.2. The van der Waals surface area contributed by atoms with Gasteiger partial charge in [0.25, 0.3) is 11.7 Å². The summed E-state index contributed by atoms with van der Waals surface area (Å²) in [5, 5.41) is 11.2. The monoisotopic (exact) mass is 464 g/mol. The number of hydrogen-bond donors (Lipinski definition) is 1. The van der Waals surface area contributed by atoms with Crippen LogP contribution in [-0.4, -0.2) is 27.9 Å². The summed E-state index contributed by atoms with van der Waals surface area (Å²) in [7, 11) is 0. The molecule has 34 heavy (non-hydrogen) atoms. The summed E-state index contributed by atoms with van der Waals surface area (Å²) in [6, 6.07) is 9.63. The lowest BCUT2D eigenvalue weighted by atomic mass is 9.95. The molecule has 2 aromatic carbocycles. The molecule has 1 atom stereocenters. The highest BCUT2D eigenvalue weighted by molar-refractivity contribution is 6.51. The van der Waals surface area contributed by atoms with Crippen LogP contribution in [0.1, 0.15) is 36.6 Å².